The number of ether oxygens (including phenoxy) is 4. The Morgan fingerprint density at radius 1 is 0.833 bits per heavy atom. The molecule has 0 bridgehead atoms. The second-order valence-electron chi connectivity index (χ2n) is 7.60. The number of carbonyl (C=O) groups excluding carboxylic acids is 1. The minimum atomic E-state index is -4.26. The van der Waals surface area contributed by atoms with Crippen LogP contribution in [-0.4, -0.2) is 49.3 Å². The third kappa shape index (κ3) is 5.77. The van der Waals surface area contributed by atoms with Crippen LogP contribution in [0.15, 0.2) is 59.5 Å². The number of amides is 1. The maximum absolute atomic E-state index is 13.9. The molecule has 0 saturated heterocycles. The summed E-state index contributed by atoms with van der Waals surface area (Å²) in [7, 11) is 1.53. The van der Waals surface area contributed by atoms with Crippen LogP contribution in [0.1, 0.15) is 5.56 Å². The van der Waals surface area contributed by atoms with E-state index in [0.29, 0.717) is 28.5 Å². The molecule has 0 saturated carbocycles. The third-order valence-corrected chi connectivity index (χ3v) is 7.36. The number of nitrogens with zero attached hydrogens (tertiary/aromatic N) is 1. The Morgan fingerprint density at radius 2 is 1.44 bits per heavy atom. The zero-order valence-electron chi connectivity index (χ0n) is 20.5. The fourth-order valence-electron chi connectivity index (χ4n) is 3.47. The Hall–Kier alpha value is -3.63. The van der Waals surface area contributed by atoms with Crippen molar-refractivity contribution in [2.45, 2.75) is 11.8 Å². The second-order valence-corrected chi connectivity index (χ2v) is 9.84. The fourth-order valence-corrected chi connectivity index (χ4v) is 5.38. The van der Waals surface area contributed by atoms with Crippen LogP contribution < -0.4 is 28.6 Å². The number of hydrogen-bond acceptors (Lipinski definition) is 7. The van der Waals surface area contributed by atoms with Crippen LogP contribution in [0, 0.1) is 6.92 Å². The monoisotopic (exact) mass is 534 g/mol. The van der Waals surface area contributed by atoms with Gasteiger partial charge in [0.05, 0.1) is 39.1 Å². The Labute approximate surface area is 215 Å². The van der Waals surface area contributed by atoms with Gasteiger partial charge in [0.15, 0.2) is 11.5 Å². The van der Waals surface area contributed by atoms with Crippen molar-refractivity contribution in [3.8, 4) is 23.0 Å². The lowest BCUT2D eigenvalue weighted by atomic mass is 10.2. The van der Waals surface area contributed by atoms with Crippen molar-refractivity contribution < 1.29 is 32.2 Å². The molecule has 3 aromatic carbocycles. The van der Waals surface area contributed by atoms with Crippen LogP contribution in [0.5, 0.6) is 23.0 Å². The number of anilines is 2. The normalized spacial score (nSPS) is 10.9. The summed E-state index contributed by atoms with van der Waals surface area (Å²) in [4.78, 5) is 13.0. The number of methoxy groups -OCH3 is 4. The molecule has 0 heterocycles. The molecule has 0 radical (unpaired) electrons. The Bertz CT molecular complexity index is 1360. The predicted octanol–water partition coefficient (Wildman–Crippen LogP) is 4.52. The summed E-state index contributed by atoms with van der Waals surface area (Å²) >= 11 is 6.28. The molecule has 11 heteroatoms. The molecule has 0 aromatic heterocycles. The van der Waals surface area contributed by atoms with E-state index < -0.39 is 22.5 Å². The van der Waals surface area contributed by atoms with Gasteiger partial charge in [-0.1, -0.05) is 17.7 Å². The van der Waals surface area contributed by atoms with E-state index in [1.54, 1.807) is 37.3 Å². The van der Waals surface area contributed by atoms with Crippen LogP contribution >= 0.6 is 11.6 Å². The van der Waals surface area contributed by atoms with E-state index >= 15 is 0 Å². The molecule has 0 fully saturated rings. The molecule has 0 unspecified atom stereocenters. The molecule has 0 aliphatic heterocycles. The summed E-state index contributed by atoms with van der Waals surface area (Å²) in [6, 6.07) is 14.1. The molecule has 192 valence electrons. The van der Waals surface area contributed by atoms with Crippen molar-refractivity contribution in [3.05, 3.63) is 65.2 Å². The molecular weight excluding hydrogens is 508 g/mol. The van der Waals surface area contributed by atoms with Crippen molar-refractivity contribution in [1.82, 2.24) is 0 Å². The van der Waals surface area contributed by atoms with Gasteiger partial charge in [-0.2, -0.15) is 0 Å². The highest BCUT2D eigenvalue weighted by Crippen LogP contribution is 2.35. The number of halogens is 1. The maximum atomic E-state index is 13.9. The van der Waals surface area contributed by atoms with Crippen molar-refractivity contribution in [2.75, 3.05) is 44.6 Å². The molecule has 3 aromatic rings. The van der Waals surface area contributed by atoms with Crippen LogP contribution in [0.25, 0.3) is 0 Å². The van der Waals surface area contributed by atoms with Crippen molar-refractivity contribution in [1.29, 1.82) is 0 Å². The lowest BCUT2D eigenvalue weighted by Crippen LogP contribution is -2.38. The third-order valence-electron chi connectivity index (χ3n) is 5.27. The number of hydrogen-bond donors (Lipinski definition) is 1. The summed E-state index contributed by atoms with van der Waals surface area (Å²) in [6.07, 6.45) is 0. The smallest absolute Gasteiger partial charge is 0.268 e. The first-order chi connectivity index (χ1) is 17.1. The van der Waals surface area contributed by atoms with Crippen LogP contribution in [-0.2, 0) is 14.8 Å². The zero-order chi connectivity index (χ0) is 26.5. The number of carbonyl (C=O) groups is 1. The Balaban J connectivity index is 2.03. The quantitative estimate of drug-likeness (QED) is 0.408. The standard InChI is InChI=1S/C25H27ClN2O7S/c1-16-6-9-22(34-4)24(12-16)36(30,31)28(18-8-11-20(32-2)19(26)14-18)15-25(29)27-17-7-10-21(33-3)23(13-17)35-5/h6-14H,15H2,1-5H3,(H,27,29). The van der Waals surface area contributed by atoms with E-state index in [-0.39, 0.29) is 21.4 Å². The summed E-state index contributed by atoms with van der Waals surface area (Å²) < 4.78 is 49.6. The first kappa shape index (κ1) is 27.0. The number of rotatable bonds is 10. The van der Waals surface area contributed by atoms with Gasteiger partial charge in [-0.3, -0.25) is 9.10 Å². The van der Waals surface area contributed by atoms with Gasteiger partial charge in [-0.05, 0) is 55.0 Å². The van der Waals surface area contributed by atoms with Crippen molar-refractivity contribution >= 4 is 38.9 Å². The number of nitrogens with one attached hydrogen (secondary N) is 1. The van der Waals surface area contributed by atoms with E-state index in [9.17, 15) is 13.2 Å². The molecule has 1 amide bonds. The summed E-state index contributed by atoms with van der Waals surface area (Å²) in [5, 5.41) is 2.89. The Morgan fingerprint density at radius 3 is 2.06 bits per heavy atom. The van der Waals surface area contributed by atoms with E-state index in [4.69, 9.17) is 30.5 Å². The zero-order valence-corrected chi connectivity index (χ0v) is 22.1. The van der Waals surface area contributed by atoms with E-state index in [0.717, 1.165) is 4.31 Å². The highest BCUT2D eigenvalue weighted by atomic mass is 35.5. The molecule has 0 aliphatic rings. The summed E-state index contributed by atoms with van der Waals surface area (Å²) in [5.74, 6) is 0.806. The number of sulfonamides is 1. The minimum absolute atomic E-state index is 0.0872. The van der Waals surface area contributed by atoms with Crippen LogP contribution in [0.3, 0.4) is 0 Å². The van der Waals surface area contributed by atoms with Gasteiger partial charge >= 0.3 is 0 Å². The molecule has 0 aliphatic carbocycles. The number of benzene rings is 3. The summed E-state index contributed by atoms with van der Waals surface area (Å²) in [5.41, 5.74) is 1.28. The van der Waals surface area contributed by atoms with E-state index in [1.165, 1.54) is 52.7 Å². The van der Waals surface area contributed by atoms with Gasteiger partial charge in [0.25, 0.3) is 10.0 Å². The molecule has 3 rings (SSSR count). The average molecular weight is 535 g/mol. The van der Waals surface area contributed by atoms with E-state index in [2.05, 4.69) is 5.32 Å². The van der Waals surface area contributed by atoms with Crippen LogP contribution in [0.4, 0.5) is 11.4 Å². The molecule has 0 spiro atoms. The van der Waals surface area contributed by atoms with Crippen molar-refractivity contribution in [2.24, 2.45) is 0 Å². The molecule has 36 heavy (non-hydrogen) atoms. The molecule has 0 atom stereocenters. The van der Waals surface area contributed by atoms with Gasteiger partial charge in [-0.25, -0.2) is 8.42 Å². The van der Waals surface area contributed by atoms with Gasteiger partial charge in [-0.15, -0.1) is 0 Å². The maximum Gasteiger partial charge on any atom is 0.268 e. The van der Waals surface area contributed by atoms with Gasteiger partial charge < -0.3 is 24.3 Å². The second kappa shape index (κ2) is 11.4. The lowest BCUT2D eigenvalue weighted by Gasteiger charge is -2.25. The lowest BCUT2D eigenvalue weighted by molar-refractivity contribution is -0.114. The molecule has 1 N–H and O–H groups in total. The number of aryl methyl sites for hydroxylation is 1. The fraction of sp³-hybridized carbons (Fsp3) is 0.240. The van der Waals surface area contributed by atoms with Gasteiger partial charge in [0.2, 0.25) is 5.91 Å². The minimum Gasteiger partial charge on any atom is -0.495 e. The van der Waals surface area contributed by atoms with E-state index in [1.807, 2.05) is 0 Å². The largest absolute Gasteiger partial charge is 0.495 e. The SMILES string of the molecule is COc1ccc(N(CC(=O)Nc2ccc(OC)c(OC)c2)S(=O)(=O)c2cc(C)ccc2OC)cc1Cl. The highest BCUT2D eigenvalue weighted by molar-refractivity contribution is 7.93. The topological polar surface area (TPSA) is 103 Å². The first-order valence-corrected chi connectivity index (χ1v) is 12.5. The van der Waals surface area contributed by atoms with Gasteiger partial charge in [0, 0.05) is 11.8 Å². The first-order valence-electron chi connectivity index (χ1n) is 10.7. The van der Waals surface area contributed by atoms with Crippen LogP contribution in [0.2, 0.25) is 5.02 Å². The molecular formula is C25H27ClN2O7S. The highest BCUT2D eigenvalue weighted by Gasteiger charge is 2.31. The van der Waals surface area contributed by atoms with Gasteiger partial charge in [0.1, 0.15) is 22.9 Å². The molecule has 9 nitrogen and oxygen atoms in total. The predicted molar refractivity (Wildman–Crippen MR) is 138 cm³/mol. The Kier molecular flexibility index (Phi) is 8.54. The van der Waals surface area contributed by atoms with Crippen molar-refractivity contribution in [3.63, 3.8) is 0 Å². The summed E-state index contributed by atoms with van der Waals surface area (Å²) in [6.45, 7) is 1.22. The average Bonchev–Trinajstić information content (AvgIpc) is 2.87.